The van der Waals surface area contributed by atoms with E-state index >= 15 is 0 Å². The minimum atomic E-state index is 0.0514. The lowest BCUT2D eigenvalue weighted by Crippen LogP contribution is -2.48. The Kier molecular flexibility index (Phi) is 5.23. The quantitative estimate of drug-likeness (QED) is 0.767. The van der Waals surface area contributed by atoms with Crippen molar-refractivity contribution in [3.05, 3.63) is 0 Å². The van der Waals surface area contributed by atoms with Crippen molar-refractivity contribution >= 4 is 11.9 Å². The molecule has 2 N–H and O–H groups in total. The molecule has 0 bridgehead atoms. The van der Waals surface area contributed by atoms with Crippen LogP contribution in [0, 0.1) is 0 Å². The number of carbonyl (C=O) groups excluding carboxylic acids is 2. The molecule has 0 aliphatic carbocycles. The van der Waals surface area contributed by atoms with Crippen LogP contribution < -0.4 is 10.6 Å². The maximum atomic E-state index is 12.2. The smallest absolute Gasteiger partial charge is 0.317 e. The first-order chi connectivity index (χ1) is 9.61. The van der Waals surface area contributed by atoms with Crippen molar-refractivity contribution in [2.24, 2.45) is 0 Å². The zero-order valence-corrected chi connectivity index (χ0v) is 12.5. The van der Waals surface area contributed by atoms with E-state index in [1.807, 2.05) is 23.6 Å². The molecule has 6 heteroatoms. The van der Waals surface area contributed by atoms with Gasteiger partial charge >= 0.3 is 6.03 Å². The minimum Gasteiger partial charge on any atom is -0.342 e. The first-order valence-electron chi connectivity index (χ1n) is 7.67. The highest BCUT2D eigenvalue weighted by Crippen LogP contribution is 2.19. The van der Waals surface area contributed by atoms with Gasteiger partial charge in [0.25, 0.3) is 0 Å². The summed E-state index contributed by atoms with van der Waals surface area (Å²) in [6.45, 7) is 8.07. The summed E-state index contributed by atoms with van der Waals surface area (Å²) in [7, 11) is 0. The molecule has 114 valence electrons. The van der Waals surface area contributed by atoms with Crippen molar-refractivity contribution in [2.45, 2.75) is 45.2 Å². The molecule has 2 fully saturated rings. The predicted molar refractivity (Wildman–Crippen MR) is 77.5 cm³/mol. The zero-order chi connectivity index (χ0) is 14.5. The normalized spacial score (nSPS) is 22.0. The first-order valence-corrected chi connectivity index (χ1v) is 7.67. The number of carbonyl (C=O) groups is 2. The van der Waals surface area contributed by atoms with Gasteiger partial charge in [-0.05, 0) is 26.3 Å². The van der Waals surface area contributed by atoms with E-state index in [0.29, 0.717) is 12.5 Å². The van der Waals surface area contributed by atoms with E-state index in [4.69, 9.17) is 0 Å². The van der Waals surface area contributed by atoms with Crippen LogP contribution in [-0.4, -0.2) is 66.5 Å². The van der Waals surface area contributed by atoms with E-state index in [2.05, 4.69) is 10.6 Å². The van der Waals surface area contributed by atoms with E-state index in [0.717, 1.165) is 45.6 Å². The summed E-state index contributed by atoms with van der Waals surface area (Å²) in [4.78, 5) is 27.7. The highest BCUT2D eigenvalue weighted by atomic mass is 16.2. The summed E-state index contributed by atoms with van der Waals surface area (Å²) in [6, 6.07) is 0.581. The molecule has 2 aliphatic rings. The lowest BCUT2D eigenvalue weighted by Gasteiger charge is -2.36. The number of nitrogens with zero attached hydrogens (tertiary/aromatic N) is 2. The summed E-state index contributed by atoms with van der Waals surface area (Å²) in [5.74, 6) is 0.225. The van der Waals surface area contributed by atoms with Crippen LogP contribution in [0.3, 0.4) is 0 Å². The molecule has 20 heavy (non-hydrogen) atoms. The van der Waals surface area contributed by atoms with Gasteiger partial charge in [-0.2, -0.15) is 0 Å². The summed E-state index contributed by atoms with van der Waals surface area (Å²) in [5, 5.41) is 6.11. The van der Waals surface area contributed by atoms with Crippen LogP contribution in [0.4, 0.5) is 4.79 Å². The minimum absolute atomic E-state index is 0.0514. The van der Waals surface area contributed by atoms with Gasteiger partial charge in [0, 0.05) is 44.7 Å². The second kappa shape index (κ2) is 6.92. The molecule has 0 spiro atoms. The van der Waals surface area contributed by atoms with E-state index in [-0.39, 0.29) is 18.0 Å². The average molecular weight is 282 g/mol. The summed E-state index contributed by atoms with van der Waals surface area (Å²) in [5.41, 5.74) is 0. The van der Waals surface area contributed by atoms with Crippen LogP contribution >= 0.6 is 0 Å². The fourth-order valence-electron chi connectivity index (χ4n) is 3.07. The third kappa shape index (κ3) is 3.62. The van der Waals surface area contributed by atoms with Crippen molar-refractivity contribution < 1.29 is 9.59 Å². The Labute approximate surface area is 120 Å². The topological polar surface area (TPSA) is 64.7 Å². The Morgan fingerprint density at radius 2 is 2.10 bits per heavy atom. The average Bonchev–Trinajstić information content (AvgIpc) is 2.85. The van der Waals surface area contributed by atoms with Crippen LogP contribution in [0.25, 0.3) is 0 Å². The Balaban J connectivity index is 1.76. The predicted octanol–water partition coefficient (Wildman–Crippen LogP) is 0.391. The van der Waals surface area contributed by atoms with Crippen LogP contribution in [-0.2, 0) is 4.79 Å². The second-order valence-corrected chi connectivity index (χ2v) is 5.70. The van der Waals surface area contributed by atoms with Gasteiger partial charge in [-0.3, -0.25) is 4.79 Å². The molecule has 0 aromatic carbocycles. The Bertz CT molecular complexity index is 353. The summed E-state index contributed by atoms with van der Waals surface area (Å²) in [6.07, 6.45) is 2.35. The molecule has 1 atom stereocenters. The monoisotopic (exact) mass is 282 g/mol. The number of hydrogen-bond acceptors (Lipinski definition) is 3. The Morgan fingerprint density at radius 1 is 1.40 bits per heavy atom. The zero-order valence-electron chi connectivity index (χ0n) is 12.5. The molecule has 1 unspecified atom stereocenters. The van der Waals surface area contributed by atoms with Crippen molar-refractivity contribution in [3.8, 4) is 0 Å². The van der Waals surface area contributed by atoms with Crippen LogP contribution in [0.5, 0.6) is 0 Å². The van der Waals surface area contributed by atoms with Gasteiger partial charge in [0.15, 0.2) is 0 Å². The van der Waals surface area contributed by atoms with Crippen molar-refractivity contribution in [2.75, 3.05) is 32.7 Å². The number of amides is 3. The highest BCUT2D eigenvalue weighted by Gasteiger charge is 2.31. The maximum Gasteiger partial charge on any atom is 0.317 e. The Hall–Kier alpha value is -1.30. The van der Waals surface area contributed by atoms with Crippen LogP contribution in [0.1, 0.15) is 33.1 Å². The third-order valence-electron chi connectivity index (χ3n) is 4.18. The van der Waals surface area contributed by atoms with Gasteiger partial charge in [-0.15, -0.1) is 0 Å². The third-order valence-corrected chi connectivity index (χ3v) is 4.18. The lowest BCUT2D eigenvalue weighted by molar-refractivity contribution is -0.133. The van der Waals surface area contributed by atoms with E-state index in [9.17, 15) is 9.59 Å². The van der Waals surface area contributed by atoms with Crippen molar-refractivity contribution in [1.29, 1.82) is 0 Å². The van der Waals surface area contributed by atoms with Gasteiger partial charge in [0.05, 0.1) is 0 Å². The van der Waals surface area contributed by atoms with E-state index in [1.165, 1.54) is 0 Å². The number of piperidine rings is 1. The standard InChI is InChI=1S/C14H26N4O2/c1-3-15-11(2)10-13(19)17-7-4-12(5-8-17)18-9-6-16-14(18)20/h11-12,15H,3-10H2,1-2H3,(H,16,20). The van der Waals surface area contributed by atoms with E-state index < -0.39 is 0 Å². The SMILES string of the molecule is CCNC(C)CC(=O)N1CCC(N2CCNC2=O)CC1. The molecule has 0 radical (unpaired) electrons. The van der Waals surface area contributed by atoms with Crippen LogP contribution in [0.15, 0.2) is 0 Å². The highest BCUT2D eigenvalue weighted by molar-refractivity contribution is 5.77. The molecule has 2 aliphatic heterocycles. The van der Waals surface area contributed by atoms with Gasteiger partial charge < -0.3 is 20.4 Å². The molecular formula is C14H26N4O2. The summed E-state index contributed by atoms with van der Waals surface area (Å²) >= 11 is 0. The second-order valence-electron chi connectivity index (χ2n) is 5.70. The summed E-state index contributed by atoms with van der Waals surface area (Å²) < 4.78 is 0. The lowest BCUT2D eigenvalue weighted by atomic mass is 10.0. The molecule has 0 saturated carbocycles. The number of nitrogens with one attached hydrogen (secondary N) is 2. The van der Waals surface area contributed by atoms with Gasteiger partial charge in [0.1, 0.15) is 0 Å². The molecular weight excluding hydrogens is 256 g/mol. The molecule has 2 saturated heterocycles. The van der Waals surface area contributed by atoms with Crippen molar-refractivity contribution in [1.82, 2.24) is 20.4 Å². The fraction of sp³-hybridized carbons (Fsp3) is 0.857. The first kappa shape index (κ1) is 15.1. The largest absolute Gasteiger partial charge is 0.342 e. The number of rotatable bonds is 5. The van der Waals surface area contributed by atoms with Gasteiger partial charge in [-0.1, -0.05) is 6.92 Å². The van der Waals surface area contributed by atoms with Crippen LogP contribution in [0.2, 0.25) is 0 Å². The molecule has 0 aromatic heterocycles. The Morgan fingerprint density at radius 3 is 2.65 bits per heavy atom. The van der Waals surface area contributed by atoms with Gasteiger partial charge in [0.2, 0.25) is 5.91 Å². The number of hydrogen-bond donors (Lipinski definition) is 2. The molecule has 0 aromatic rings. The molecule has 2 heterocycles. The molecule has 6 nitrogen and oxygen atoms in total. The number of likely N-dealkylation sites (tertiary alicyclic amines) is 1. The maximum absolute atomic E-state index is 12.2. The van der Waals surface area contributed by atoms with E-state index in [1.54, 1.807) is 0 Å². The number of urea groups is 1. The molecule has 2 rings (SSSR count). The fourth-order valence-corrected chi connectivity index (χ4v) is 3.07. The van der Waals surface area contributed by atoms with Crippen molar-refractivity contribution in [3.63, 3.8) is 0 Å². The van der Waals surface area contributed by atoms with Gasteiger partial charge in [-0.25, -0.2) is 4.79 Å². The molecule has 3 amide bonds.